The number of benzene rings is 2. The van der Waals surface area contributed by atoms with Gasteiger partial charge in [-0.25, -0.2) is 4.39 Å². The van der Waals surface area contributed by atoms with Crippen LogP contribution in [0.5, 0.6) is 5.75 Å². The fraction of sp³-hybridized carbons (Fsp3) is 0.316. The van der Waals surface area contributed by atoms with Crippen LogP contribution in [0.3, 0.4) is 0 Å². The van der Waals surface area contributed by atoms with Crippen LogP contribution in [0.2, 0.25) is 0 Å². The van der Waals surface area contributed by atoms with E-state index in [1.165, 1.54) is 24.3 Å². The molecule has 0 radical (unpaired) electrons. The van der Waals surface area contributed by atoms with E-state index in [0.29, 0.717) is 25.1 Å². The second kappa shape index (κ2) is 9.03. The van der Waals surface area contributed by atoms with Crippen LogP contribution in [-0.2, 0) is 11.2 Å². The van der Waals surface area contributed by atoms with Crippen molar-refractivity contribution in [1.29, 1.82) is 0 Å². The lowest BCUT2D eigenvalue weighted by molar-refractivity contribution is -0.123. The van der Waals surface area contributed by atoms with Gasteiger partial charge in [-0.1, -0.05) is 24.3 Å². The first-order valence-corrected chi connectivity index (χ1v) is 7.99. The van der Waals surface area contributed by atoms with Crippen molar-refractivity contribution < 1.29 is 19.0 Å². The van der Waals surface area contributed by atoms with Crippen LogP contribution in [0.4, 0.5) is 4.39 Å². The number of aliphatic hydroxyl groups excluding tert-OH is 1. The molecule has 0 bridgehead atoms. The summed E-state index contributed by atoms with van der Waals surface area (Å²) in [5, 5.41) is 12.3. The Labute approximate surface area is 141 Å². The van der Waals surface area contributed by atoms with Gasteiger partial charge >= 0.3 is 0 Å². The Kier molecular flexibility index (Phi) is 6.75. The molecule has 0 fully saturated rings. The fourth-order valence-electron chi connectivity index (χ4n) is 2.45. The predicted molar refractivity (Wildman–Crippen MR) is 90.6 cm³/mol. The number of amides is 1. The third kappa shape index (κ3) is 5.06. The van der Waals surface area contributed by atoms with Gasteiger partial charge in [0.2, 0.25) is 5.91 Å². The number of nitrogens with one attached hydrogen (secondary N) is 1. The van der Waals surface area contributed by atoms with Crippen LogP contribution in [0.1, 0.15) is 24.0 Å². The summed E-state index contributed by atoms with van der Waals surface area (Å²) in [5.41, 5.74) is 1.65. The van der Waals surface area contributed by atoms with Gasteiger partial charge in [0.15, 0.2) is 0 Å². The lowest BCUT2D eigenvalue weighted by Crippen LogP contribution is -2.32. The molecule has 2 aromatic rings. The average molecular weight is 331 g/mol. The number of carbonyl (C=O) groups is 1. The monoisotopic (exact) mass is 331 g/mol. The first kappa shape index (κ1) is 17.9. The van der Waals surface area contributed by atoms with Crippen LogP contribution in [0.15, 0.2) is 48.5 Å². The molecule has 1 unspecified atom stereocenters. The van der Waals surface area contributed by atoms with Crippen molar-refractivity contribution in [1.82, 2.24) is 5.32 Å². The molecule has 0 aliphatic heterocycles. The summed E-state index contributed by atoms with van der Waals surface area (Å²) in [7, 11) is 0. The third-order valence-electron chi connectivity index (χ3n) is 3.69. The Hall–Kier alpha value is -2.40. The minimum absolute atomic E-state index is 0.273. The van der Waals surface area contributed by atoms with Crippen LogP contribution >= 0.6 is 0 Å². The van der Waals surface area contributed by atoms with E-state index in [2.05, 4.69) is 5.32 Å². The summed E-state index contributed by atoms with van der Waals surface area (Å²) >= 11 is 0. The molecule has 5 heteroatoms. The van der Waals surface area contributed by atoms with Gasteiger partial charge in [-0.15, -0.1) is 0 Å². The van der Waals surface area contributed by atoms with E-state index in [-0.39, 0.29) is 18.3 Å². The van der Waals surface area contributed by atoms with Crippen molar-refractivity contribution in [3.63, 3.8) is 0 Å². The zero-order chi connectivity index (χ0) is 17.4. The number of hydrogen-bond donors (Lipinski definition) is 2. The molecule has 0 saturated carbocycles. The number of carbonyl (C=O) groups excluding carboxylic acids is 1. The fourth-order valence-corrected chi connectivity index (χ4v) is 2.45. The number of hydrogen-bond acceptors (Lipinski definition) is 3. The van der Waals surface area contributed by atoms with Gasteiger partial charge in [0, 0.05) is 6.54 Å². The van der Waals surface area contributed by atoms with Crippen molar-refractivity contribution in [3.8, 4) is 5.75 Å². The summed E-state index contributed by atoms with van der Waals surface area (Å²) in [6.07, 6.45) is 0.661. The van der Waals surface area contributed by atoms with E-state index < -0.39 is 5.92 Å². The minimum Gasteiger partial charge on any atom is -0.494 e. The summed E-state index contributed by atoms with van der Waals surface area (Å²) < 4.78 is 18.4. The van der Waals surface area contributed by atoms with Crippen LogP contribution in [0, 0.1) is 5.82 Å². The molecule has 4 nitrogen and oxygen atoms in total. The van der Waals surface area contributed by atoms with E-state index in [9.17, 15) is 14.3 Å². The summed E-state index contributed by atoms with van der Waals surface area (Å²) in [6.45, 7) is 2.66. The highest BCUT2D eigenvalue weighted by Gasteiger charge is 2.19. The highest BCUT2D eigenvalue weighted by molar-refractivity contribution is 5.83. The Morgan fingerprint density at radius 1 is 1.25 bits per heavy atom. The number of aliphatic hydroxyl groups is 1. The summed E-state index contributed by atoms with van der Waals surface area (Å²) in [5.74, 6) is -0.531. The van der Waals surface area contributed by atoms with Gasteiger partial charge in [-0.2, -0.15) is 0 Å². The number of halogens is 1. The van der Waals surface area contributed by atoms with Gasteiger partial charge in [-0.3, -0.25) is 4.79 Å². The quantitative estimate of drug-likeness (QED) is 0.782. The Balaban J connectivity index is 1.89. The standard InChI is InChI=1S/C19H22FNO3/c1-2-24-17-5-3-4-14(12-17)10-11-21-19(23)18(13-22)15-6-8-16(20)9-7-15/h3-9,12,18,22H,2,10-11,13H2,1H3,(H,21,23). The predicted octanol–water partition coefficient (Wildman–Crippen LogP) is 2.66. The normalized spacial score (nSPS) is 11.8. The minimum atomic E-state index is -0.694. The molecule has 1 atom stereocenters. The molecule has 2 N–H and O–H groups in total. The highest BCUT2D eigenvalue weighted by atomic mass is 19.1. The van der Waals surface area contributed by atoms with Crippen molar-refractivity contribution in [3.05, 3.63) is 65.5 Å². The molecule has 0 aromatic heterocycles. The smallest absolute Gasteiger partial charge is 0.229 e. The van der Waals surface area contributed by atoms with Gasteiger partial charge in [0.25, 0.3) is 0 Å². The second-order valence-corrected chi connectivity index (χ2v) is 5.41. The average Bonchev–Trinajstić information content (AvgIpc) is 2.58. The Bertz CT molecular complexity index is 658. The zero-order valence-corrected chi connectivity index (χ0v) is 13.7. The maximum atomic E-state index is 13.0. The molecule has 2 rings (SSSR count). The maximum Gasteiger partial charge on any atom is 0.229 e. The van der Waals surface area contributed by atoms with Crippen molar-refractivity contribution in [2.24, 2.45) is 0 Å². The lowest BCUT2D eigenvalue weighted by Gasteiger charge is -2.15. The van der Waals surface area contributed by atoms with E-state index in [4.69, 9.17) is 4.74 Å². The van der Waals surface area contributed by atoms with Crippen molar-refractivity contribution in [2.45, 2.75) is 19.3 Å². The third-order valence-corrected chi connectivity index (χ3v) is 3.69. The summed E-state index contributed by atoms with van der Waals surface area (Å²) in [4.78, 5) is 12.2. The molecule has 0 spiro atoms. The van der Waals surface area contributed by atoms with Gasteiger partial charge in [-0.05, 0) is 48.7 Å². The molecule has 128 valence electrons. The maximum absolute atomic E-state index is 13.0. The van der Waals surface area contributed by atoms with Crippen LogP contribution in [-0.4, -0.2) is 30.8 Å². The van der Waals surface area contributed by atoms with Gasteiger partial charge in [0.05, 0.1) is 19.1 Å². The lowest BCUT2D eigenvalue weighted by atomic mass is 9.99. The summed E-state index contributed by atoms with van der Waals surface area (Å²) in [6, 6.07) is 13.3. The van der Waals surface area contributed by atoms with Crippen LogP contribution in [0.25, 0.3) is 0 Å². The molecule has 0 heterocycles. The van der Waals surface area contributed by atoms with Gasteiger partial charge < -0.3 is 15.2 Å². The Morgan fingerprint density at radius 3 is 2.67 bits per heavy atom. The van der Waals surface area contributed by atoms with E-state index >= 15 is 0 Å². The zero-order valence-electron chi connectivity index (χ0n) is 13.7. The van der Waals surface area contributed by atoms with E-state index in [1.54, 1.807) is 0 Å². The molecular formula is C19H22FNO3. The van der Waals surface area contributed by atoms with Crippen LogP contribution < -0.4 is 10.1 Å². The van der Waals surface area contributed by atoms with Crippen molar-refractivity contribution in [2.75, 3.05) is 19.8 Å². The highest BCUT2D eigenvalue weighted by Crippen LogP contribution is 2.16. The molecule has 0 saturated heterocycles. The molecule has 0 aliphatic carbocycles. The molecule has 1 amide bonds. The Morgan fingerprint density at radius 2 is 2.00 bits per heavy atom. The molecule has 2 aromatic carbocycles. The second-order valence-electron chi connectivity index (χ2n) is 5.41. The molecule has 0 aliphatic rings. The first-order chi connectivity index (χ1) is 11.6. The number of rotatable bonds is 8. The topological polar surface area (TPSA) is 58.6 Å². The van der Waals surface area contributed by atoms with Crippen molar-refractivity contribution >= 4 is 5.91 Å². The first-order valence-electron chi connectivity index (χ1n) is 7.99. The number of ether oxygens (including phenoxy) is 1. The molecule has 24 heavy (non-hydrogen) atoms. The van der Waals surface area contributed by atoms with Gasteiger partial charge in [0.1, 0.15) is 11.6 Å². The largest absolute Gasteiger partial charge is 0.494 e. The SMILES string of the molecule is CCOc1cccc(CCNC(=O)C(CO)c2ccc(F)cc2)c1. The van der Waals surface area contributed by atoms with E-state index in [0.717, 1.165) is 11.3 Å². The van der Waals surface area contributed by atoms with E-state index in [1.807, 2.05) is 31.2 Å². The molecular weight excluding hydrogens is 309 g/mol.